The minimum Gasteiger partial charge on any atom is -0.324 e. The van der Waals surface area contributed by atoms with Crippen LogP contribution in [0.5, 0.6) is 0 Å². The predicted molar refractivity (Wildman–Crippen MR) is 109 cm³/mol. The van der Waals surface area contributed by atoms with Gasteiger partial charge < -0.3 is 10.6 Å². The number of hydrogen-bond donors (Lipinski definition) is 2. The fourth-order valence-corrected chi connectivity index (χ4v) is 2.83. The van der Waals surface area contributed by atoms with Gasteiger partial charge in [-0.25, -0.2) is 0 Å². The number of likely N-dealkylation sites (N-methyl/N-ethyl adjacent to an activating group) is 1. The van der Waals surface area contributed by atoms with Gasteiger partial charge in [0.25, 0.3) is 5.69 Å². The third-order valence-corrected chi connectivity index (χ3v) is 4.35. The van der Waals surface area contributed by atoms with Gasteiger partial charge in [-0.1, -0.05) is 30.7 Å². The topological polar surface area (TPSA) is 105 Å². The van der Waals surface area contributed by atoms with Gasteiger partial charge in [0, 0.05) is 11.1 Å². The zero-order chi connectivity index (χ0) is 23.2. The van der Waals surface area contributed by atoms with Gasteiger partial charge in [-0.3, -0.25) is 24.6 Å². The maximum atomic E-state index is 13.1. The molecule has 0 aliphatic heterocycles. The molecule has 0 unspecified atom stereocenters. The molecule has 2 amide bonds. The molecular weight excluding hydrogens is 441 g/mol. The van der Waals surface area contributed by atoms with E-state index in [1.807, 2.05) is 0 Å². The average molecular weight is 459 g/mol. The maximum Gasteiger partial charge on any atom is 0.418 e. The molecule has 0 radical (unpaired) electrons. The molecule has 166 valence electrons. The molecule has 2 aromatic carbocycles. The van der Waals surface area contributed by atoms with Crippen LogP contribution >= 0.6 is 11.6 Å². The summed E-state index contributed by atoms with van der Waals surface area (Å²) in [7, 11) is 0. The summed E-state index contributed by atoms with van der Waals surface area (Å²) in [5, 5.41) is 15.8. The van der Waals surface area contributed by atoms with Crippen LogP contribution in [0.1, 0.15) is 12.5 Å². The van der Waals surface area contributed by atoms with Gasteiger partial charge in [0.2, 0.25) is 11.8 Å². The number of hydrogen-bond acceptors (Lipinski definition) is 5. The van der Waals surface area contributed by atoms with E-state index in [1.54, 1.807) is 6.92 Å². The van der Waals surface area contributed by atoms with Crippen molar-refractivity contribution >= 4 is 40.5 Å². The van der Waals surface area contributed by atoms with Crippen LogP contribution in [0.4, 0.5) is 30.2 Å². The summed E-state index contributed by atoms with van der Waals surface area (Å²) in [6.07, 6.45) is -4.64. The summed E-state index contributed by atoms with van der Waals surface area (Å²) >= 11 is 5.73. The van der Waals surface area contributed by atoms with Crippen molar-refractivity contribution in [2.75, 3.05) is 30.3 Å². The van der Waals surface area contributed by atoms with E-state index in [4.69, 9.17) is 11.6 Å². The van der Waals surface area contributed by atoms with Crippen molar-refractivity contribution in [3.8, 4) is 0 Å². The first-order valence-corrected chi connectivity index (χ1v) is 9.31. The van der Waals surface area contributed by atoms with Gasteiger partial charge in [-0.05, 0) is 30.8 Å². The number of alkyl halides is 3. The van der Waals surface area contributed by atoms with Crippen LogP contribution in [0.3, 0.4) is 0 Å². The van der Waals surface area contributed by atoms with E-state index < -0.39 is 39.9 Å². The lowest BCUT2D eigenvalue weighted by atomic mass is 10.1. The second-order valence-corrected chi connectivity index (χ2v) is 6.80. The van der Waals surface area contributed by atoms with Crippen molar-refractivity contribution in [1.82, 2.24) is 4.90 Å². The molecule has 0 saturated carbocycles. The third-order valence-electron chi connectivity index (χ3n) is 4.12. The Kier molecular flexibility index (Phi) is 7.95. The van der Waals surface area contributed by atoms with E-state index in [0.717, 1.165) is 18.2 Å². The van der Waals surface area contributed by atoms with E-state index in [0.29, 0.717) is 0 Å². The second-order valence-electron chi connectivity index (χ2n) is 6.36. The highest BCUT2D eigenvalue weighted by atomic mass is 35.5. The molecule has 0 aliphatic carbocycles. The number of anilines is 2. The van der Waals surface area contributed by atoms with Crippen LogP contribution in [0.15, 0.2) is 42.5 Å². The fourth-order valence-electron chi connectivity index (χ4n) is 2.67. The highest BCUT2D eigenvalue weighted by Gasteiger charge is 2.33. The SMILES string of the molecule is CCN(CC(=O)Nc1ccc(Cl)cc1[N+](=O)[O-])CC(=O)Nc1ccccc1C(F)(F)F. The Morgan fingerprint density at radius 3 is 2.19 bits per heavy atom. The van der Waals surface area contributed by atoms with Crippen LogP contribution in [0.2, 0.25) is 5.02 Å². The molecular formula is C19H18ClF3N4O4. The van der Waals surface area contributed by atoms with Gasteiger partial charge in [0.1, 0.15) is 5.69 Å². The lowest BCUT2D eigenvalue weighted by Gasteiger charge is -2.20. The second kappa shape index (κ2) is 10.2. The van der Waals surface area contributed by atoms with E-state index in [2.05, 4.69) is 10.6 Å². The predicted octanol–water partition coefficient (Wildman–Crippen LogP) is 4.17. The number of nitro groups is 1. The Balaban J connectivity index is 2.02. The number of para-hydroxylation sites is 1. The van der Waals surface area contributed by atoms with Crippen molar-refractivity contribution in [3.63, 3.8) is 0 Å². The molecule has 12 heteroatoms. The lowest BCUT2D eigenvalue weighted by molar-refractivity contribution is -0.383. The molecule has 0 heterocycles. The van der Waals surface area contributed by atoms with E-state index in [-0.39, 0.29) is 30.3 Å². The van der Waals surface area contributed by atoms with Crippen LogP contribution in [0, 0.1) is 10.1 Å². The number of halogens is 4. The zero-order valence-electron chi connectivity index (χ0n) is 16.2. The van der Waals surface area contributed by atoms with Crippen LogP contribution < -0.4 is 10.6 Å². The maximum absolute atomic E-state index is 13.1. The zero-order valence-corrected chi connectivity index (χ0v) is 17.0. The highest BCUT2D eigenvalue weighted by molar-refractivity contribution is 6.31. The Morgan fingerprint density at radius 1 is 1.06 bits per heavy atom. The molecule has 0 fully saturated rings. The average Bonchev–Trinajstić information content (AvgIpc) is 2.68. The Hall–Kier alpha value is -3.18. The smallest absolute Gasteiger partial charge is 0.324 e. The van der Waals surface area contributed by atoms with Gasteiger partial charge in [-0.2, -0.15) is 13.2 Å². The van der Waals surface area contributed by atoms with Crippen LogP contribution in [-0.4, -0.2) is 41.3 Å². The lowest BCUT2D eigenvalue weighted by Crippen LogP contribution is -2.38. The van der Waals surface area contributed by atoms with Crippen LogP contribution in [0.25, 0.3) is 0 Å². The van der Waals surface area contributed by atoms with Gasteiger partial charge in [0.15, 0.2) is 0 Å². The first kappa shape index (κ1) is 24.1. The number of rotatable bonds is 8. The van der Waals surface area contributed by atoms with E-state index >= 15 is 0 Å². The summed E-state index contributed by atoms with van der Waals surface area (Å²) in [6, 6.07) is 8.26. The first-order chi connectivity index (χ1) is 14.5. The molecule has 0 spiro atoms. The molecule has 0 aliphatic rings. The summed E-state index contributed by atoms with van der Waals surface area (Å²) in [5.74, 6) is -1.39. The van der Waals surface area contributed by atoms with Gasteiger partial charge >= 0.3 is 6.18 Å². The molecule has 0 bridgehead atoms. The van der Waals surface area contributed by atoms with Crippen molar-refractivity contribution in [3.05, 3.63) is 63.2 Å². The third kappa shape index (κ3) is 6.93. The highest BCUT2D eigenvalue weighted by Crippen LogP contribution is 2.34. The van der Waals surface area contributed by atoms with E-state index in [1.165, 1.54) is 29.2 Å². The standard InChI is InChI=1S/C19H18ClF3N4O4/c1-2-26(10-17(28)24-14-6-4-3-5-13(14)19(21,22)23)11-18(29)25-15-8-7-12(20)9-16(15)27(30)31/h3-9H,2,10-11H2,1H3,(H,24,28)(H,25,29). The number of nitrogens with one attached hydrogen (secondary N) is 2. The number of carbonyl (C=O) groups is 2. The molecule has 8 nitrogen and oxygen atoms in total. The Labute approximate surface area is 180 Å². The number of nitrogens with zero attached hydrogens (tertiary/aromatic N) is 2. The molecule has 0 aromatic heterocycles. The number of amides is 2. The molecule has 0 saturated heterocycles. The summed E-state index contributed by atoms with van der Waals surface area (Å²) in [5.41, 5.74) is -1.85. The Bertz CT molecular complexity index is 985. The monoisotopic (exact) mass is 458 g/mol. The van der Waals surface area contributed by atoms with Crippen molar-refractivity contribution in [2.45, 2.75) is 13.1 Å². The quantitative estimate of drug-likeness (QED) is 0.456. The number of nitro benzene ring substituents is 1. The number of benzene rings is 2. The van der Waals surface area contributed by atoms with Gasteiger partial charge in [-0.15, -0.1) is 0 Å². The summed E-state index contributed by atoms with van der Waals surface area (Å²) in [4.78, 5) is 36.3. The minimum atomic E-state index is -4.64. The Morgan fingerprint density at radius 2 is 1.65 bits per heavy atom. The van der Waals surface area contributed by atoms with E-state index in [9.17, 15) is 32.9 Å². The first-order valence-electron chi connectivity index (χ1n) is 8.93. The molecule has 2 aromatic rings. The fraction of sp³-hybridized carbons (Fsp3) is 0.263. The largest absolute Gasteiger partial charge is 0.418 e. The van der Waals surface area contributed by atoms with Crippen LogP contribution in [-0.2, 0) is 15.8 Å². The van der Waals surface area contributed by atoms with Crippen molar-refractivity contribution in [2.24, 2.45) is 0 Å². The van der Waals surface area contributed by atoms with Crippen molar-refractivity contribution in [1.29, 1.82) is 0 Å². The minimum absolute atomic E-state index is 0.0704. The van der Waals surface area contributed by atoms with Gasteiger partial charge in [0.05, 0.1) is 29.3 Å². The molecule has 2 N–H and O–H groups in total. The summed E-state index contributed by atoms with van der Waals surface area (Å²) in [6.45, 7) is 1.20. The normalized spacial score (nSPS) is 11.3. The summed E-state index contributed by atoms with van der Waals surface area (Å²) < 4.78 is 39.2. The molecule has 2 rings (SSSR count). The number of carbonyl (C=O) groups excluding carboxylic acids is 2. The van der Waals surface area contributed by atoms with Crippen molar-refractivity contribution < 1.29 is 27.7 Å². The molecule has 31 heavy (non-hydrogen) atoms. The molecule has 0 atom stereocenters.